The maximum Gasteiger partial charge on any atom is 0.344 e. The van der Waals surface area contributed by atoms with Gasteiger partial charge in [0.05, 0.1) is 12.1 Å². The third-order valence-electron chi connectivity index (χ3n) is 3.32. The average Bonchev–Trinajstić information content (AvgIpc) is 2.58. The Kier molecular flexibility index (Phi) is 6.67. The van der Waals surface area contributed by atoms with Gasteiger partial charge in [-0.2, -0.15) is 0 Å². The van der Waals surface area contributed by atoms with E-state index in [9.17, 15) is 9.59 Å². The zero-order valence-corrected chi connectivity index (χ0v) is 15.2. The number of methoxy groups -OCH3 is 1. The first kappa shape index (κ1) is 19.1. The Morgan fingerprint density at radius 1 is 1.04 bits per heavy atom. The van der Waals surface area contributed by atoms with Crippen LogP contribution in [0.1, 0.15) is 22.8 Å². The molecule has 25 heavy (non-hydrogen) atoms. The smallest absolute Gasteiger partial charge is 0.344 e. The summed E-state index contributed by atoms with van der Waals surface area (Å²) in [6.07, 6.45) is 0. The van der Waals surface area contributed by atoms with Crippen LogP contribution in [0.25, 0.3) is 0 Å². The van der Waals surface area contributed by atoms with Crippen molar-refractivity contribution in [2.75, 3.05) is 13.7 Å². The summed E-state index contributed by atoms with van der Waals surface area (Å²) in [5.74, 6) is 0.191. The van der Waals surface area contributed by atoms with Gasteiger partial charge in [-0.15, -0.1) is 0 Å². The number of benzene rings is 2. The van der Waals surface area contributed by atoms with Crippen molar-refractivity contribution in [2.24, 2.45) is 0 Å². The molecule has 2 rings (SSSR count). The van der Waals surface area contributed by atoms with Gasteiger partial charge in [-0.05, 0) is 43.3 Å². The van der Waals surface area contributed by atoms with Gasteiger partial charge in [-0.1, -0.05) is 23.2 Å². The van der Waals surface area contributed by atoms with Gasteiger partial charge in [-0.3, -0.25) is 4.79 Å². The van der Waals surface area contributed by atoms with Crippen molar-refractivity contribution in [3.63, 3.8) is 0 Å². The highest BCUT2D eigenvalue weighted by molar-refractivity contribution is 6.35. The van der Waals surface area contributed by atoms with E-state index in [2.05, 4.69) is 0 Å². The topological polar surface area (TPSA) is 61.8 Å². The summed E-state index contributed by atoms with van der Waals surface area (Å²) in [4.78, 5) is 23.3. The van der Waals surface area contributed by atoms with E-state index in [4.69, 9.17) is 37.4 Å². The zero-order chi connectivity index (χ0) is 18.4. The Hall–Kier alpha value is -2.24. The van der Waals surface area contributed by atoms with Gasteiger partial charge in [0.1, 0.15) is 18.1 Å². The number of ketones is 1. The minimum absolute atomic E-state index is 0.0408. The second kappa shape index (κ2) is 8.74. The number of carbonyl (C=O) groups is 2. The molecular formula is C18H16Cl2O5. The summed E-state index contributed by atoms with van der Waals surface area (Å²) in [5, 5.41) is 0.772. The Labute approximate surface area is 155 Å². The fourth-order valence-electron chi connectivity index (χ4n) is 2.04. The molecule has 0 aliphatic rings. The lowest BCUT2D eigenvalue weighted by Gasteiger charge is -2.11. The molecule has 2 aromatic rings. The van der Waals surface area contributed by atoms with Crippen LogP contribution in [0.4, 0.5) is 0 Å². The predicted octanol–water partition coefficient (Wildman–Crippen LogP) is 4.33. The molecule has 0 saturated heterocycles. The van der Waals surface area contributed by atoms with E-state index >= 15 is 0 Å². The molecule has 0 spiro atoms. The minimum atomic E-state index is -0.582. The summed E-state index contributed by atoms with van der Waals surface area (Å²) < 4.78 is 15.7. The van der Waals surface area contributed by atoms with Crippen LogP contribution in [0.3, 0.4) is 0 Å². The summed E-state index contributed by atoms with van der Waals surface area (Å²) in [6.45, 7) is 1.11. The number of rotatable bonds is 7. The molecule has 2 aromatic carbocycles. The third kappa shape index (κ3) is 5.37. The van der Waals surface area contributed by atoms with Crippen LogP contribution in [-0.2, 0) is 16.1 Å². The van der Waals surface area contributed by atoms with Gasteiger partial charge in [0.2, 0.25) is 0 Å². The van der Waals surface area contributed by atoms with Gasteiger partial charge < -0.3 is 14.2 Å². The van der Waals surface area contributed by atoms with E-state index < -0.39 is 5.97 Å². The molecule has 0 bridgehead atoms. The van der Waals surface area contributed by atoms with Crippen LogP contribution in [-0.4, -0.2) is 25.5 Å². The fraction of sp³-hybridized carbons (Fsp3) is 0.222. The van der Waals surface area contributed by atoms with Crippen molar-refractivity contribution in [2.45, 2.75) is 13.5 Å². The zero-order valence-electron chi connectivity index (χ0n) is 13.7. The Morgan fingerprint density at radius 2 is 1.76 bits per heavy atom. The average molecular weight is 383 g/mol. The monoisotopic (exact) mass is 382 g/mol. The van der Waals surface area contributed by atoms with E-state index in [1.807, 2.05) is 0 Å². The van der Waals surface area contributed by atoms with E-state index in [-0.39, 0.29) is 19.0 Å². The van der Waals surface area contributed by atoms with Crippen LogP contribution in [0.2, 0.25) is 10.0 Å². The molecule has 0 fully saturated rings. The molecular weight excluding hydrogens is 367 g/mol. The maximum atomic E-state index is 11.9. The lowest BCUT2D eigenvalue weighted by molar-refractivity contribution is -0.147. The highest BCUT2D eigenvalue weighted by atomic mass is 35.5. The number of hydrogen-bond acceptors (Lipinski definition) is 5. The van der Waals surface area contributed by atoms with Gasteiger partial charge >= 0.3 is 5.97 Å². The molecule has 0 amide bonds. The van der Waals surface area contributed by atoms with Crippen molar-refractivity contribution < 1.29 is 23.8 Å². The van der Waals surface area contributed by atoms with Gasteiger partial charge in [0.15, 0.2) is 12.4 Å². The van der Waals surface area contributed by atoms with Gasteiger partial charge in [0.25, 0.3) is 0 Å². The molecule has 0 aromatic heterocycles. The summed E-state index contributed by atoms with van der Waals surface area (Å²) in [5.41, 5.74) is 1.10. The summed E-state index contributed by atoms with van der Waals surface area (Å²) >= 11 is 11.8. The molecule has 0 radical (unpaired) electrons. The summed E-state index contributed by atoms with van der Waals surface area (Å²) in [7, 11) is 1.50. The predicted molar refractivity (Wildman–Crippen MR) is 94.8 cm³/mol. The van der Waals surface area contributed by atoms with Gasteiger partial charge in [0, 0.05) is 16.1 Å². The molecule has 0 unspecified atom stereocenters. The molecule has 5 nitrogen and oxygen atoms in total. The highest BCUT2D eigenvalue weighted by Gasteiger charge is 2.12. The van der Waals surface area contributed by atoms with Crippen LogP contribution in [0.5, 0.6) is 11.5 Å². The van der Waals surface area contributed by atoms with Crippen molar-refractivity contribution >= 4 is 35.0 Å². The Bertz CT molecular complexity index is 789. The molecule has 0 saturated carbocycles. The number of carbonyl (C=O) groups excluding carboxylic acids is 2. The third-order valence-corrected chi connectivity index (χ3v) is 3.85. The van der Waals surface area contributed by atoms with E-state index in [0.717, 1.165) is 0 Å². The lowest BCUT2D eigenvalue weighted by Crippen LogP contribution is -2.15. The first-order chi connectivity index (χ1) is 11.9. The fourth-order valence-corrected chi connectivity index (χ4v) is 2.50. The second-order valence-electron chi connectivity index (χ2n) is 5.11. The molecule has 0 N–H and O–H groups in total. The van der Waals surface area contributed by atoms with Crippen molar-refractivity contribution in [3.05, 3.63) is 57.6 Å². The van der Waals surface area contributed by atoms with Gasteiger partial charge in [-0.25, -0.2) is 4.79 Å². The second-order valence-corrected chi connectivity index (χ2v) is 5.95. The highest BCUT2D eigenvalue weighted by Crippen LogP contribution is 2.27. The van der Waals surface area contributed by atoms with E-state index in [1.165, 1.54) is 20.1 Å². The Balaban J connectivity index is 1.95. The van der Waals surface area contributed by atoms with Crippen molar-refractivity contribution in [3.8, 4) is 11.5 Å². The molecule has 132 valence electrons. The maximum absolute atomic E-state index is 11.9. The SMILES string of the molecule is COc1ccc(C(C)=O)cc1COC(=O)COc1ccc(Cl)cc1Cl. The van der Waals surface area contributed by atoms with Crippen LogP contribution in [0, 0.1) is 0 Å². The number of halogens is 2. The quantitative estimate of drug-likeness (QED) is 0.526. The minimum Gasteiger partial charge on any atom is -0.496 e. The largest absolute Gasteiger partial charge is 0.496 e. The molecule has 0 atom stereocenters. The van der Waals surface area contributed by atoms with Crippen molar-refractivity contribution in [1.29, 1.82) is 0 Å². The first-order valence-corrected chi connectivity index (χ1v) is 8.07. The number of Topliss-reactive ketones (excluding diaryl/α,β-unsaturated/α-hetero) is 1. The summed E-state index contributed by atoms with van der Waals surface area (Å²) in [6, 6.07) is 9.62. The number of esters is 1. The van der Waals surface area contributed by atoms with Crippen LogP contribution < -0.4 is 9.47 Å². The van der Waals surface area contributed by atoms with Crippen molar-refractivity contribution in [1.82, 2.24) is 0 Å². The van der Waals surface area contributed by atoms with E-state index in [0.29, 0.717) is 32.7 Å². The van der Waals surface area contributed by atoms with E-state index in [1.54, 1.807) is 30.3 Å². The standard InChI is InChI=1S/C18H16Cl2O5/c1-11(21)12-3-5-16(23-2)13(7-12)9-25-18(22)10-24-17-6-4-14(19)8-15(17)20/h3-8H,9-10H2,1-2H3. The molecule has 0 heterocycles. The lowest BCUT2D eigenvalue weighted by atomic mass is 10.1. The van der Waals surface area contributed by atoms with Crippen LogP contribution >= 0.6 is 23.2 Å². The first-order valence-electron chi connectivity index (χ1n) is 7.32. The Morgan fingerprint density at radius 3 is 2.40 bits per heavy atom. The number of ether oxygens (including phenoxy) is 3. The molecule has 0 aliphatic heterocycles. The van der Waals surface area contributed by atoms with Crippen LogP contribution in [0.15, 0.2) is 36.4 Å². The number of hydrogen-bond donors (Lipinski definition) is 0. The normalized spacial score (nSPS) is 10.2. The molecule has 7 heteroatoms. The molecule has 0 aliphatic carbocycles.